The second kappa shape index (κ2) is 5.80. The first-order valence-corrected chi connectivity index (χ1v) is 8.52. The Labute approximate surface area is 120 Å². The van der Waals surface area contributed by atoms with Gasteiger partial charge in [0, 0.05) is 30.6 Å². The van der Waals surface area contributed by atoms with Crippen LogP contribution in [0.3, 0.4) is 0 Å². The van der Waals surface area contributed by atoms with E-state index in [4.69, 9.17) is 4.98 Å². The first kappa shape index (κ1) is 13.4. The summed E-state index contributed by atoms with van der Waals surface area (Å²) in [6, 6.07) is 0.782. The van der Waals surface area contributed by atoms with Crippen molar-refractivity contribution < 1.29 is 0 Å². The summed E-state index contributed by atoms with van der Waals surface area (Å²) in [5.41, 5.74) is 1.23. The molecule has 2 aliphatic rings. The molecule has 1 saturated carbocycles. The summed E-state index contributed by atoms with van der Waals surface area (Å²) in [5, 5.41) is 4.85. The average molecular weight is 279 g/mol. The zero-order chi connectivity index (χ0) is 13.2. The Balaban J connectivity index is 1.64. The molecule has 1 aromatic rings. The van der Waals surface area contributed by atoms with Crippen molar-refractivity contribution in [2.45, 2.75) is 58.5 Å². The number of hydrogen-bond donors (Lipinski definition) is 1. The minimum absolute atomic E-state index is 0.782. The van der Waals surface area contributed by atoms with E-state index in [1.54, 1.807) is 0 Å². The molecule has 0 aromatic carbocycles. The van der Waals surface area contributed by atoms with E-state index >= 15 is 0 Å². The average Bonchev–Trinajstić information content (AvgIpc) is 3.19. The second-order valence-corrected chi connectivity index (χ2v) is 7.08. The van der Waals surface area contributed by atoms with Gasteiger partial charge in [0.25, 0.3) is 0 Å². The zero-order valence-corrected chi connectivity index (χ0v) is 12.9. The molecule has 1 N–H and O–H groups in total. The minimum atomic E-state index is 0.782. The van der Waals surface area contributed by atoms with Crippen molar-refractivity contribution in [2.24, 2.45) is 5.92 Å². The topological polar surface area (TPSA) is 28.2 Å². The number of anilines is 1. The number of thiazole rings is 1. The van der Waals surface area contributed by atoms with Crippen LogP contribution >= 0.6 is 11.3 Å². The van der Waals surface area contributed by atoms with Crippen molar-refractivity contribution in [2.75, 3.05) is 18.0 Å². The van der Waals surface area contributed by atoms with Crippen molar-refractivity contribution >= 4 is 16.5 Å². The molecule has 0 radical (unpaired) electrons. The number of aromatic nitrogens is 1. The summed E-state index contributed by atoms with van der Waals surface area (Å²) >= 11 is 1.90. The Morgan fingerprint density at radius 3 is 2.95 bits per heavy atom. The third-order valence-electron chi connectivity index (χ3n) is 4.38. The largest absolute Gasteiger partial charge is 0.348 e. The predicted molar refractivity (Wildman–Crippen MR) is 81.9 cm³/mol. The maximum atomic E-state index is 4.81. The summed E-state index contributed by atoms with van der Waals surface area (Å²) in [6.45, 7) is 7.88. The number of aryl methyl sites for hydroxylation is 1. The highest BCUT2D eigenvalue weighted by Crippen LogP contribution is 2.31. The molecule has 106 valence electrons. The molecule has 1 aromatic heterocycles. The molecule has 0 bridgehead atoms. The number of piperidine rings is 1. The summed E-state index contributed by atoms with van der Waals surface area (Å²) in [4.78, 5) is 8.75. The summed E-state index contributed by atoms with van der Waals surface area (Å²) < 4.78 is 0. The van der Waals surface area contributed by atoms with E-state index < -0.39 is 0 Å². The van der Waals surface area contributed by atoms with Crippen molar-refractivity contribution in [3.8, 4) is 0 Å². The molecule has 1 aliphatic heterocycles. The Hall–Kier alpha value is -0.610. The summed E-state index contributed by atoms with van der Waals surface area (Å²) in [5.74, 6) is 0.867. The van der Waals surface area contributed by atoms with Crippen molar-refractivity contribution in [1.82, 2.24) is 10.3 Å². The molecular formula is C15H25N3S. The van der Waals surface area contributed by atoms with Crippen LogP contribution in [0.2, 0.25) is 0 Å². The molecular weight excluding hydrogens is 254 g/mol. The highest BCUT2D eigenvalue weighted by atomic mass is 32.1. The van der Waals surface area contributed by atoms with Crippen LogP contribution < -0.4 is 10.2 Å². The predicted octanol–water partition coefficient (Wildman–Crippen LogP) is 3.33. The van der Waals surface area contributed by atoms with Gasteiger partial charge in [-0.2, -0.15) is 0 Å². The van der Waals surface area contributed by atoms with Crippen LogP contribution in [0.25, 0.3) is 0 Å². The van der Waals surface area contributed by atoms with Gasteiger partial charge in [-0.05, 0) is 38.5 Å². The van der Waals surface area contributed by atoms with E-state index in [0.717, 1.165) is 18.5 Å². The van der Waals surface area contributed by atoms with Gasteiger partial charge in [-0.1, -0.05) is 13.3 Å². The second-order valence-electron chi connectivity index (χ2n) is 6.02. The normalized spacial score (nSPS) is 23.9. The fraction of sp³-hybridized carbons (Fsp3) is 0.800. The maximum absolute atomic E-state index is 4.81. The lowest BCUT2D eigenvalue weighted by molar-refractivity contribution is 0.404. The van der Waals surface area contributed by atoms with Gasteiger partial charge in [-0.15, -0.1) is 11.3 Å². The Morgan fingerprint density at radius 2 is 2.21 bits per heavy atom. The quantitative estimate of drug-likeness (QED) is 0.896. The standard InChI is InChI=1S/C15H25N3S/c1-3-12-5-4-8-18(10-12)15-17-11(2)14(19-15)9-16-13-6-7-13/h12-13,16H,3-10H2,1-2H3. The molecule has 1 aliphatic carbocycles. The summed E-state index contributed by atoms with van der Waals surface area (Å²) in [7, 11) is 0. The molecule has 1 saturated heterocycles. The smallest absolute Gasteiger partial charge is 0.185 e. The third kappa shape index (κ3) is 3.29. The molecule has 1 unspecified atom stereocenters. The lowest BCUT2D eigenvalue weighted by atomic mass is 9.96. The number of rotatable bonds is 5. The van der Waals surface area contributed by atoms with Gasteiger partial charge in [0.1, 0.15) is 0 Å². The summed E-state index contributed by atoms with van der Waals surface area (Å²) in [6.07, 6.45) is 6.74. The number of nitrogens with zero attached hydrogens (tertiary/aromatic N) is 2. The van der Waals surface area contributed by atoms with Crippen LogP contribution in [-0.4, -0.2) is 24.1 Å². The van der Waals surface area contributed by atoms with Crippen LogP contribution in [0.1, 0.15) is 49.6 Å². The fourth-order valence-corrected chi connectivity index (χ4v) is 3.86. The Kier molecular flexibility index (Phi) is 4.08. The van der Waals surface area contributed by atoms with Gasteiger partial charge in [0.15, 0.2) is 5.13 Å². The van der Waals surface area contributed by atoms with Crippen molar-refractivity contribution in [1.29, 1.82) is 0 Å². The first-order valence-electron chi connectivity index (χ1n) is 7.71. The van der Waals surface area contributed by atoms with Crippen LogP contribution in [0.4, 0.5) is 5.13 Å². The minimum Gasteiger partial charge on any atom is -0.348 e. The van der Waals surface area contributed by atoms with E-state index in [-0.39, 0.29) is 0 Å². The lowest BCUT2D eigenvalue weighted by Gasteiger charge is -2.31. The molecule has 19 heavy (non-hydrogen) atoms. The molecule has 1 atom stereocenters. The van der Waals surface area contributed by atoms with Gasteiger partial charge < -0.3 is 10.2 Å². The van der Waals surface area contributed by atoms with E-state index in [0.29, 0.717) is 0 Å². The van der Waals surface area contributed by atoms with Gasteiger partial charge in [-0.25, -0.2) is 4.98 Å². The van der Waals surface area contributed by atoms with E-state index in [1.165, 1.54) is 60.9 Å². The van der Waals surface area contributed by atoms with Crippen LogP contribution in [0.5, 0.6) is 0 Å². The molecule has 0 spiro atoms. The molecule has 2 fully saturated rings. The molecule has 0 amide bonds. The Bertz CT molecular complexity index is 425. The maximum Gasteiger partial charge on any atom is 0.185 e. The van der Waals surface area contributed by atoms with E-state index in [2.05, 4.69) is 24.1 Å². The lowest BCUT2D eigenvalue weighted by Crippen LogP contribution is -2.35. The third-order valence-corrected chi connectivity index (χ3v) is 5.60. The van der Waals surface area contributed by atoms with Crippen LogP contribution in [0, 0.1) is 12.8 Å². The van der Waals surface area contributed by atoms with Crippen LogP contribution in [0.15, 0.2) is 0 Å². The SMILES string of the molecule is CCC1CCCN(c2nc(C)c(CNC3CC3)s2)C1. The molecule has 4 heteroatoms. The molecule has 3 rings (SSSR count). The Morgan fingerprint density at radius 1 is 1.37 bits per heavy atom. The highest BCUT2D eigenvalue weighted by Gasteiger charge is 2.23. The van der Waals surface area contributed by atoms with Gasteiger partial charge in [0.05, 0.1) is 5.69 Å². The van der Waals surface area contributed by atoms with E-state index in [9.17, 15) is 0 Å². The first-order chi connectivity index (χ1) is 9.26. The van der Waals surface area contributed by atoms with Crippen molar-refractivity contribution in [3.63, 3.8) is 0 Å². The number of hydrogen-bond acceptors (Lipinski definition) is 4. The van der Waals surface area contributed by atoms with Crippen molar-refractivity contribution in [3.05, 3.63) is 10.6 Å². The van der Waals surface area contributed by atoms with Gasteiger partial charge in [-0.3, -0.25) is 0 Å². The molecule has 2 heterocycles. The molecule has 3 nitrogen and oxygen atoms in total. The van der Waals surface area contributed by atoms with E-state index in [1.807, 2.05) is 11.3 Å². The number of nitrogens with one attached hydrogen (secondary N) is 1. The zero-order valence-electron chi connectivity index (χ0n) is 12.1. The van der Waals surface area contributed by atoms with Gasteiger partial charge in [0.2, 0.25) is 0 Å². The highest BCUT2D eigenvalue weighted by molar-refractivity contribution is 7.15. The fourth-order valence-electron chi connectivity index (χ4n) is 2.81. The van der Waals surface area contributed by atoms with Gasteiger partial charge >= 0.3 is 0 Å². The monoisotopic (exact) mass is 279 g/mol. The van der Waals surface area contributed by atoms with Crippen LogP contribution in [-0.2, 0) is 6.54 Å².